The van der Waals surface area contributed by atoms with E-state index in [1.807, 2.05) is 6.08 Å². The van der Waals surface area contributed by atoms with Crippen molar-refractivity contribution in [2.75, 3.05) is 6.61 Å². The second kappa shape index (κ2) is 5.69. The molecule has 6 atom stereocenters. The lowest BCUT2D eigenvalue weighted by Crippen LogP contribution is -2.55. The van der Waals surface area contributed by atoms with Crippen molar-refractivity contribution in [1.29, 1.82) is 0 Å². The first-order valence-corrected chi connectivity index (χ1v) is 9.88. The van der Waals surface area contributed by atoms with Crippen molar-refractivity contribution in [3.05, 3.63) is 11.6 Å². The molecule has 0 bridgehead atoms. The van der Waals surface area contributed by atoms with Gasteiger partial charge in [0.05, 0.1) is 0 Å². The summed E-state index contributed by atoms with van der Waals surface area (Å²) in [5.41, 5.74) is 1.37. The molecule has 3 heteroatoms. The first-order valence-electron chi connectivity index (χ1n) is 9.88. The van der Waals surface area contributed by atoms with Gasteiger partial charge in [-0.15, -0.1) is 6.42 Å². The van der Waals surface area contributed by atoms with Gasteiger partial charge in [0.2, 0.25) is 0 Å². The van der Waals surface area contributed by atoms with E-state index in [2.05, 4.69) is 19.8 Å². The van der Waals surface area contributed by atoms with Crippen molar-refractivity contribution in [3.8, 4) is 12.3 Å². The van der Waals surface area contributed by atoms with Gasteiger partial charge in [-0.2, -0.15) is 0 Å². The molecule has 25 heavy (non-hydrogen) atoms. The third kappa shape index (κ3) is 2.30. The Kier molecular flexibility index (Phi) is 3.94. The minimum Gasteiger partial charge on any atom is -0.365 e. The van der Waals surface area contributed by atoms with Crippen LogP contribution in [0.2, 0.25) is 0 Å². The van der Waals surface area contributed by atoms with E-state index in [0.717, 1.165) is 38.5 Å². The maximum atomic E-state index is 11.9. The SMILES string of the molecule is C#CCOC1(O)CC[C@@H]2C3CCC4=CC(=O)CC[C@]4(C)[C@@H]3CC[C@@]21C. The van der Waals surface area contributed by atoms with E-state index in [1.165, 1.54) is 5.57 Å². The Balaban J connectivity index is 1.64. The molecular weight excluding hydrogens is 312 g/mol. The fourth-order valence-electron chi connectivity index (χ4n) is 6.93. The van der Waals surface area contributed by atoms with Crippen molar-refractivity contribution in [2.24, 2.45) is 28.6 Å². The highest BCUT2D eigenvalue weighted by molar-refractivity contribution is 5.91. The standard InChI is InChI=1S/C22H30O3/c1-4-13-25-22(24)12-9-19-17-6-5-15-14-16(23)7-10-20(15,2)18(17)8-11-21(19,22)3/h1,14,17-19,24H,5-13H2,2-3H3/t17?,18-,19-,20+,21+,22?/m1/s1. The van der Waals surface area contributed by atoms with Gasteiger partial charge in [-0.3, -0.25) is 4.79 Å². The number of allylic oxidation sites excluding steroid dienone is 1. The van der Waals surface area contributed by atoms with Gasteiger partial charge in [-0.05, 0) is 67.8 Å². The lowest BCUT2D eigenvalue weighted by Gasteiger charge is -2.58. The monoisotopic (exact) mass is 342 g/mol. The maximum Gasteiger partial charge on any atom is 0.172 e. The van der Waals surface area contributed by atoms with Crippen molar-refractivity contribution >= 4 is 5.78 Å². The van der Waals surface area contributed by atoms with E-state index < -0.39 is 5.79 Å². The fraction of sp³-hybridized carbons (Fsp3) is 0.773. The van der Waals surface area contributed by atoms with Crippen LogP contribution in [-0.2, 0) is 9.53 Å². The molecule has 0 aromatic rings. The van der Waals surface area contributed by atoms with Gasteiger partial charge in [0.15, 0.2) is 11.6 Å². The maximum absolute atomic E-state index is 11.9. The molecule has 2 unspecified atom stereocenters. The number of carbonyl (C=O) groups excluding carboxylic acids is 1. The highest BCUT2D eigenvalue weighted by atomic mass is 16.6. The average molecular weight is 342 g/mol. The zero-order valence-corrected chi connectivity index (χ0v) is 15.5. The number of ketones is 1. The zero-order chi connectivity index (χ0) is 17.9. The summed E-state index contributed by atoms with van der Waals surface area (Å²) in [6, 6.07) is 0. The molecule has 4 aliphatic carbocycles. The Morgan fingerprint density at radius 1 is 1.20 bits per heavy atom. The Hall–Kier alpha value is -1.11. The summed E-state index contributed by atoms with van der Waals surface area (Å²) in [6.45, 7) is 4.79. The van der Waals surface area contributed by atoms with E-state index in [4.69, 9.17) is 11.2 Å². The number of fused-ring (bicyclic) bond motifs is 5. The van der Waals surface area contributed by atoms with Crippen LogP contribution in [0.5, 0.6) is 0 Å². The minimum atomic E-state index is -1.07. The summed E-state index contributed by atoms with van der Waals surface area (Å²) in [4.78, 5) is 11.9. The second-order valence-electron chi connectivity index (χ2n) is 9.24. The lowest BCUT2D eigenvalue weighted by molar-refractivity contribution is -0.270. The third-order valence-corrected chi connectivity index (χ3v) is 8.43. The number of rotatable bonds is 2. The van der Waals surface area contributed by atoms with Crippen LogP contribution in [0.4, 0.5) is 0 Å². The van der Waals surface area contributed by atoms with Crippen molar-refractivity contribution < 1.29 is 14.6 Å². The molecule has 3 nitrogen and oxygen atoms in total. The third-order valence-electron chi connectivity index (χ3n) is 8.43. The van der Waals surface area contributed by atoms with Crippen LogP contribution in [0.15, 0.2) is 11.6 Å². The summed E-state index contributed by atoms with van der Waals surface area (Å²) in [5, 5.41) is 11.2. The molecule has 4 rings (SSSR count). The minimum absolute atomic E-state index is 0.179. The van der Waals surface area contributed by atoms with Gasteiger partial charge < -0.3 is 9.84 Å². The van der Waals surface area contributed by atoms with Gasteiger partial charge >= 0.3 is 0 Å². The fourth-order valence-corrected chi connectivity index (χ4v) is 6.93. The molecule has 0 aromatic carbocycles. The molecule has 0 amide bonds. The van der Waals surface area contributed by atoms with E-state index in [-0.39, 0.29) is 17.4 Å². The molecule has 1 N–H and O–H groups in total. The zero-order valence-electron chi connectivity index (χ0n) is 15.5. The van der Waals surface area contributed by atoms with Crippen LogP contribution in [0.25, 0.3) is 0 Å². The van der Waals surface area contributed by atoms with Crippen molar-refractivity contribution in [1.82, 2.24) is 0 Å². The van der Waals surface area contributed by atoms with E-state index in [0.29, 0.717) is 36.4 Å². The van der Waals surface area contributed by atoms with Crippen molar-refractivity contribution in [3.63, 3.8) is 0 Å². The summed E-state index contributed by atoms with van der Waals surface area (Å²) < 4.78 is 5.80. The van der Waals surface area contributed by atoms with Crippen LogP contribution in [0.3, 0.4) is 0 Å². The Morgan fingerprint density at radius 3 is 2.72 bits per heavy atom. The number of ether oxygens (including phenoxy) is 1. The number of carbonyl (C=O) groups is 1. The molecule has 0 saturated heterocycles. The smallest absolute Gasteiger partial charge is 0.172 e. The largest absolute Gasteiger partial charge is 0.365 e. The second-order valence-corrected chi connectivity index (χ2v) is 9.24. The number of terminal acetylenes is 1. The number of aliphatic hydroxyl groups is 1. The van der Waals surface area contributed by atoms with Crippen LogP contribution in [0, 0.1) is 40.9 Å². The van der Waals surface area contributed by atoms with Crippen LogP contribution in [-0.4, -0.2) is 23.3 Å². The van der Waals surface area contributed by atoms with E-state index >= 15 is 0 Å². The molecular formula is C22H30O3. The van der Waals surface area contributed by atoms with Gasteiger partial charge in [0, 0.05) is 18.3 Å². The Morgan fingerprint density at radius 2 is 1.96 bits per heavy atom. The molecule has 0 aromatic heterocycles. The van der Waals surface area contributed by atoms with Gasteiger partial charge in [0.25, 0.3) is 0 Å². The molecule has 0 heterocycles. The van der Waals surface area contributed by atoms with Crippen LogP contribution >= 0.6 is 0 Å². The van der Waals surface area contributed by atoms with Gasteiger partial charge in [0.1, 0.15) is 6.61 Å². The van der Waals surface area contributed by atoms with Crippen LogP contribution < -0.4 is 0 Å². The van der Waals surface area contributed by atoms with Crippen molar-refractivity contribution in [2.45, 2.75) is 71.0 Å². The summed E-state index contributed by atoms with van der Waals surface area (Å²) >= 11 is 0. The summed E-state index contributed by atoms with van der Waals surface area (Å²) in [6.07, 6.45) is 15.0. The first kappa shape index (κ1) is 17.3. The van der Waals surface area contributed by atoms with E-state index in [1.54, 1.807) is 0 Å². The van der Waals surface area contributed by atoms with Gasteiger partial charge in [-0.25, -0.2) is 0 Å². The van der Waals surface area contributed by atoms with E-state index in [9.17, 15) is 9.90 Å². The molecule has 0 radical (unpaired) electrons. The van der Waals surface area contributed by atoms with Gasteiger partial charge in [-0.1, -0.05) is 25.3 Å². The highest BCUT2D eigenvalue weighted by Gasteiger charge is 2.64. The Bertz CT molecular complexity index is 659. The lowest BCUT2D eigenvalue weighted by atomic mass is 9.47. The molecule has 0 spiro atoms. The quantitative estimate of drug-likeness (QED) is 0.612. The number of hydrogen-bond donors (Lipinski definition) is 1. The average Bonchev–Trinajstić information content (AvgIpc) is 2.85. The Labute approximate surface area is 151 Å². The first-order chi connectivity index (χ1) is 11.8. The molecule has 3 saturated carbocycles. The normalized spacial score (nSPS) is 48.8. The molecule has 0 aliphatic heterocycles. The molecule has 3 fully saturated rings. The predicted octanol–water partition coefficient (Wildman–Crippen LogP) is 3.86. The summed E-state index contributed by atoms with van der Waals surface area (Å²) in [7, 11) is 0. The molecule has 4 aliphatic rings. The number of hydrogen-bond acceptors (Lipinski definition) is 3. The predicted molar refractivity (Wildman–Crippen MR) is 96.4 cm³/mol. The topological polar surface area (TPSA) is 46.5 Å². The summed E-state index contributed by atoms with van der Waals surface area (Å²) in [5.74, 6) is 3.50. The highest BCUT2D eigenvalue weighted by Crippen LogP contribution is 2.67. The molecule has 136 valence electrons. The van der Waals surface area contributed by atoms with Crippen LogP contribution in [0.1, 0.15) is 65.2 Å².